The van der Waals surface area contributed by atoms with Gasteiger partial charge in [-0.15, -0.1) is 0 Å². The molecule has 0 saturated carbocycles. The summed E-state index contributed by atoms with van der Waals surface area (Å²) >= 11 is 5.83. The first-order valence-electron chi connectivity index (χ1n) is 5.17. The van der Waals surface area contributed by atoms with Crippen LogP contribution in [0.25, 0.3) is 22.3 Å². The molecule has 0 fully saturated rings. The zero-order valence-electron chi connectivity index (χ0n) is 8.84. The lowest BCUT2D eigenvalue weighted by molar-refractivity contribution is 1.16. The Balaban J connectivity index is 2.18. The summed E-state index contributed by atoms with van der Waals surface area (Å²) in [6, 6.07) is 13.6. The number of para-hydroxylation sites is 1. The quantitative estimate of drug-likeness (QED) is 0.614. The molecule has 4 heteroatoms. The molecule has 0 atom stereocenters. The molecule has 3 nitrogen and oxygen atoms in total. The summed E-state index contributed by atoms with van der Waals surface area (Å²) in [5, 5.41) is 1.53. The first-order chi connectivity index (χ1) is 8.33. The SMILES string of the molecule is Clc1cc(-c2ccc3ccccc3n2)ncn1. The minimum absolute atomic E-state index is 0.421. The molecule has 3 aromatic rings. The van der Waals surface area contributed by atoms with E-state index in [0.29, 0.717) is 5.15 Å². The Bertz CT molecular complexity index is 682. The summed E-state index contributed by atoms with van der Waals surface area (Å²) < 4.78 is 0. The van der Waals surface area contributed by atoms with Gasteiger partial charge in [-0.05, 0) is 12.1 Å². The number of hydrogen-bond acceptors (Lipinski definition) is 3. The number of aromatic nitrogens is 3. The van der Waals surface area contributed by atoms with Crippen molar-refractivity contribution in [2.45, 2.75) is 0 Å². The van der Waals surface area contributed by atoms with Crippen molar-refractivity contribution < 1.29 is 0 Å². The van der Waals surface area contributed by atoms with Gasteiger partial charge in [0.25, 0.3) is 0 Å². The van der Waals surface area contributed by atoms with Crippen molar-refractivity contribution in [1.29, 1.82) is 0 Å². The standard InChI is InChI=1S/C13H8ClN3/c14-13-7-12(15-8-16-13)11-6-5-9-3-1-2-4-10(9)17-11/h1-8H. The topological polar surface area (TPSA) is 38.7 Å². The molecule has 0 radical (unpaired) electrons. The van der Waals surface area contributed by atoms with Crippen molar-refractivity contribution in [3.63, 3.8) is 0 Å². The van der Waals surface area contributed by atoms with Crippen LogP contribution < -0.4 is 0 Å². The van der Waals surface area contributed by atoms with Gasteiger partial charge in [-0.3, -0.25) is 0 Å². The zero-order valence-corrected chi connectivity index (χ0v) is 9.59. The van der Waals surface area contributed by atoms with E-state index in [9.17, 15) is 0 Å². The molecule has 0 unspecified atom stereocenters. The molecule has 17 heavy (non-hydrogen) atoms. The van der Waals surface area contributed by atoms with Crippen molar-refractivity contribution in [2.75, 3.05) is 0 Å². The van der Waals surface area contributed by atoms with E-state index in [1.54, 1.807) is 6.07 Å². The Morgan fingerprint density at radius 3 is 2.65 bits per heavy atom. The molecule has 0 amide bonds. The first-order valence-corrected chi connectivity index (χ1v) is 5.54. The Kier molecular flexibility index (Phi) is 2.46. The third kappa shape index (κ3) is 1.97. The first kappa shape index (κ1) is 10.2. The van der Waals surface area contributed by atoms with Gasteiger partial charge in [-0.25, -0.2) is 15.0 Å². The van der Waals surface area contributed by atoms with Crippen LogP contribution in [0.2, 0.25) is 5.15 Å². The fourth-order valence-electron chi connectivity index (χ4n) is 1.68. The normalized spacial score (nSPS) is 10.6. The van der Waals surface area contributed by atoms with Gasteiger partial charge in [0, 0.05) is 11.5 Å². The number of benzene rings is 1. The summed E-state index contributed by atoms with van der Waals surface area (Å²) in [6.07, 6.45) is 1.44. The third-order valence-corrected chi connectivity index (χ3v) is 2.70. The lowest BCUT2D eigenvalue weighted by Gasteiger charge is -2.02. The number of rotatable bonds is 1. The van der Waals surface area contributed by atoms with Crippen LogP contribution in [0.1, 0.15) is 0 Å². The predicted octanol–water partition coefficient (Wildman–Crippen LogP) is 3.35. The third-order valence-electron chi connectivity index (χ3n) is 2.49. The van der Waals surface area contributed by atoms with E-state index in [0.717, 1.165) is 22.3 Å². The van der Waals surface area contributed by atoms with E-state index in [2.05, 4.69) is 15.0 Å². The van der Waals surface area contributed by atoms with Crippen molar-refractivity contribution in [3.8, 4) is 11.4 Å². The summed E-state index contributed by atoms with van der Waals surface area (Å²) in [7, 11) is 0. The molecule has 3 rings (SSSR count). The summed E-state index contributed by atoms with van der Waals surface area (Å²) in [4.78, 5) is 12.6. The second kappa shape index (κ2) is 4.11. The van der Waals surface area contributed by atoms with Crippen LogP contribution in [0.4, 0.5) is 0 Å². The van der Waals surface area contributed by atoms with Gasteiger partial charge in [-0.2, -0.15) is 0 Å². The fourth-order valence-corrected chi connectivity index (χ4v) is 1.83. The second-order valence-electron chi connectivity index (χ2n) is 3.62. The van der Waals surface area contributed by atoms with Gasteiger partial charge < -0.3 is 0 Å². The molecule has 0 aliphatic carbocycles. The van der Waals surface area contributed by atoms with E-state index in [1.165, 1.54) is 6.33 Å². The lowest BCUT2D eigenvalue weighted by Crippen LogP contribution is -1.89. The molecule has 0 bridgehead atoms. The monoisotopic (exact) mass is 241 g/mol. The van der Waals surface area contributed by atoms with Crippen LogP contribution in [0.5, 0.6) is 0 Å². The second-order valence-corrected chi connectivity index (χ2v) is 4.00. The maximum atomic E-state index is 5.83. The molecule has 0 aliphatic rings. The van der Waals surface area contributed by atoms with Crippen LogP contribution in [0.3, 0.4) is 0 Å². The molecule has 0 aliphatic heterocycles. The summed E-state index contributed by atoms with van der Waals surface area (Å²) in [6.45, 7) is 0. The predicted molar refractivity (Wildman–Crippen MR) is 67.8 cm³/mol. The Morgan fingerprint density at radius 2 is 1.76 bits per heavy atom. The molecule has 0 N–H and O–H groups in total. The van der Waals surface area contributed by atoms with Crippen LogP contribution in [0.15, 0.2) is 48.8 Å². The zero-order chi connectivity index (χ0) is 11.7. The van der Waals surface area contributed by atoms with E-state index in [1.807, 2.05) is 36.4 Å². The van der Waals surface area contributed by atoms with Gasteiger partial charge in [-0.1, -0.05) is 35.9 Å². The molecule has 2 aromatic heterocycles. The molecule has 0 saturated heterocycles. The van der Waals surface area contributed by atoms with Gasteiger partial charge >= 0.3 is 0 Å². The maximum Gasteiger partial charge on any atom is 0.133 e. The fraction of sp³-hybridized carbons (Fsp3) is 0. The van der Waals surface area contributed by atoms with Crippen LogP contribution in [0, 0.1) is 0 Å². The van der Waals surface area contributed by atoms with Crippen molar-refractivity contribution in [2.24, 2.45) is 0 Å². The highest BCUT2D eigenvalue weighted by atomic mass is 35.5. The Hall–Kier alpha value is -2.00. The molecule has 1 aromatic carbocycles. The smallest absolute Gasteiger partial charge is 0.133 e. The van der Waals surface area contributed by atoms with Crippen molar-refractivity contribution in [1.82, 2.24) is 15.0 Å². The number of fused-ring (bicyclic) bond motifs is 1. The van der Waals surface area contributed by atoms with Crippen molar-refractivity contribution in [3.05, 3.63) is 53.9 Å². The Labute approximate surface area is 103 Å². The van der Waals surface area contributed by atoms with Gasteiger partial charge in [0.05, 0.1) is 16.9 Å². The average Bonchev–Trinajstić information content (AvgIpc) is 2.38. The van der Waals surface area contributed by atoms with Gasteiger partial charge in [0.2, 0.25) is 0 Å². The molecule has 2 heterocycles. The number of nitrogens with zero attached hydrogens (tertiary/aromatic N) is 3. The number of halogens is 1. The Morgan fingerprint density at radius 1 is 0.882 bits per heavy atom. The highest BCUT2D eigenvalue weighted by Gasteiger charge is 2.03. The minimum Gasteiger partial charge on any atom is -0.246 e. The summed E-state index contributed by atoms with van der Waals surface area (Å²) in [5.74, 6) is 0. The molecule has 82 valence electrons. The molecular weight excluding hydrogens is 234 g/mol. The van der Waals surface area contributed by atoms with Gasteiger partial charge in [0.15, 0.2) is 0 Å². The molecule has 0 spiro atoms. The minimum atomic E-state index is 0.421. The largest absolute Gasteiger partial charge is 0.246 e. The van der Waals surface area contributed by atoms with E-state index >= 15 is 0 Å². The molecular formula is C13H8ClN3. The van der Waals surface area contributed by atoms with E-state index in [-0.39, 0.29) is 0 Å². The van der Waals surface area contributed by atoms with Crippen LogP contribution >= 0.6 is 11.6 Å². The lowest BCUT2D eigenvalue weighted by atomic mass is 10.2. The number of pyridine rings is 1. The summed E-state index contributed by atoms with van der Waals surface area (Å²) in [5.41, 5.74) is 2.48. The van der Waals surface area contributed by atoms with Crippen molar-refractivity contribution >= 4 is 22.5 Å². The van der Waals surface area contributed by atoms with Crippen LogP contribution in [-0.2, 0) is 0 Å². The average molecular weight is 242 g/mol. The highest BCUT2D eigenvalue weighted by Crippen LogP contribution is 2.20. The number of hydrogen-bond donors (Lipinski definition) is 0. The van der Waals surface area contributed by atoms with E-state index in [4.69, 9.17) is 11.6 Å². The van der Waals surface area contributed by atoms with Crippen LogP contribution in [-0.4, -0.2) is 15.0 Å². The van der Waals surface area contributed by atoms with E-state index < -0.39 is 0 Å². The maximum absolute atomic E-state index is 5.83. The highest BCUT2D eigenvalue weighted by molar-refractivity contribution is 6.29. The van der Waals surface area contributed by atoms with Gasteiger partial charge in [0.1, 0.15) is 11.5 Å².